The van der Waals surface area contributed by atoms with E-state index in [0.717, 1.165) is 11.1 Å². The largest absolute Gasteiger partial charge is 0.245 e. The van der Waals surface area contributed by atoms with Crippen molar-refractivity contribution in [1.82, 2.24) is 9.97 Å². The highest BCUT2D eigenvalue weighted by molar-refractivity contribution is 6.30. The summed E-state index contributed by atoms with van der Waals surface area (Å²) in [7, 11) is 0. The summed E-state index contributed by atoms with van der Waals surface area (Å²) in [6.45, 7) is 0. The first-order valence-electron chi connectivity index (χ1n) is 3.99. The highest BCUT2D eigenvalue weighted by atomic mass is 35.5. The van der Waals surface area contributed by atoms with E-state index in [2.05, 4.69) is 9.97 Å². The van der Waals surface area contributed by atoms with Crippen molar-refractivity contribution in [3.05, 3.63) is 47.0 Å². The number of nitrogens with zero attached hydrogens (tertiary/aromatic N) is 2. The SMILES string of the molecule is Clc1cc(-c2ccnc(Cl)c2)ccn1. The molecular weight excluding hydrogens is 219 g/mol. The standard InChI is InChI=1S/C10H6Cl2N2/c11-9-5-7(1-3-13-9)8-2-4-14-10(12)6-8/h1-6H. The van der Waals surface area contributed by atoms with E-state index in [4.69, 9.17) is 23.2 Å². The predicted molar refractivity (Wildman–Crippen MR) is 57.5 cm³/mol. The van der Waals surface area contributed by atoms with E-state index in [1.165, 1.54) is 0 Å². The van der Waals surface area contributed by atoms with Crippen LogP contribution in [0.3, 0.4) is 0 Å². The molecule has 0 aliphatic carbocycles. The van der Waals surface area contributed by atoms with Crippen molar-refractivity contribution in [1.29, 1.82) is 0 Å². The molecule has 70 valence electrons. The Morgan fingerprint density at radius 3 is 1.57 bits per heavy atom. The summed E-state index contributed by atoms with van der Waals surface area (Å²) in [5.41, 5.74) is 1.96. The van der Waals surface area contributed by atoms with Crippen molar-refractivity contribution in [2.75, 3.05) is 0 Å². The van der Waals surface area contributed by atoms with E-state index in [9.17, 15) is 0 Å². The molecule has 2 aromatic rings. The molecule has 0 spiro atoms. The number of rotatable bonds is 1. The first kappa shape index (κ1) is 9.44. The lowest BCUT2D eigenvalue weighted by Crippen LogP contribution is -1.81. The van der Waals surface area contributed by atoms with Gasteiger partial charge in [-0.25, -0.2) is 9.97 Å². The Bertz CT molecular complexity index is 414. The van der Waals surface area contributed by atoms with Crippen molar-refractivity contribution in [3.63, 3.8) is 0 Å². The highest BCUT2D eigenvalue weighted by Gasteiger charge is 1.99. The number of halogens is 2. The molecule has 0 aromatic carbocycles. The average Bonchev–Trinajstić information content (AvgIpc) is 2.18. The van der Waals surface area contributed by atoms with Crippen LogP contribution in [0.5, 0.6) is 0 Å². The smallest absolute Gasteiger partial charge is 0.129 e. The summed E-state index contributed by atoms with van der Waals surface area (Å²) in [5, 5.41) is 0.936. The quantitative estimate of drug-likeness (QED) is 0.694. The van der Waals surface area contributed by atoms with E-state index < -0.39 is 0 Å². The molecule has 0 saturated carbocycles. The zero-order valence-electron chi connectivity index (χ0n) is 7.11. The minimum atomic E-state index is 0.468. The summed E-state index contributed by atoms with van der Waals surface area (Å²) in [6, 6.07) is 7.32. The third kappa shape index (κ3) is 2.03. The summed E-state index contributed by atoms with van der Waals surface area (Å²) in [6.07, 6.45) is 3.32. The topological polar surface area (TPSA) is 25.8 Å². The minimum absolute atomic E-state index is 0.468. The van der Waals surface area contributed by atoms with Crippen LogP contribution in [0.15, 0.2) is 36.7 Å². The third-order valence-electron chi connectivity index (χ3n) is 1.79. The van der Waals surface area contributed by atoms with Crippen LogP contribution in [-0.2, 0) is 0 Å². The maximum Gasteiger partial charge on any atom is 0.129 e. The molecule has 0 atom stereocenters. The van der Waals surface area contributed by atoms with Gasteiger partial charge in [0.15, 0.2) is 0 Å². The van der Waals surface area contributed by atoms with E-state index >= 15 is 0 Å². The number of pyridine rings is 2. The lowest BCUT2D eigenvalue weighted by atomic mass is 10.1. The first-order chi connectivity index (χ1) is 6.75. The van der Waals surface area contributed by atoms with Crippen molar-refractivity contribution < 1.29 is 0 Å². The minimum Gasteiger partial charge on any atom is -0.245 e. The molecule has 14 heavy (non-hydrogen) atoms. The first-order valence-corrected chi connectivity index (χ1v) is 4.75. The molecule has 0 aliphatic heterocycles. The highest BCUT2D eigenvalue weighted by Crippen LogP contribution is 2.22. The normalized spacial score (nSPS) is 10.1. The van der Waals surface area contributed by atoms with E-state index in [1.54, 1.807) is 24.5 Å². The maximum absolute atomic E-state index is 5.77. The van der Waals surface area contributed by atoms with Gasteiger partial charge >= 0.3 is 0 Å². The van der Waals surface area contributed by atoms with Gasteiger partial charge in [0.25, 0.3) is 0 Å². The molecule has 0 N–H and O–H groups in total. The number of hydrogen-bond acceptors (Lipinski definition) is 2. The van der Waals surface area contributed by atoms with Crippen molar-refractivity contribution in [3.8, 4) is 11.1 Å². The van der Waals surface area contributed by atoms with Crippen LogP contribution in [0.2, 0.25) is 10.3 Å². The third-order valence-corrected chi connectivity index (χ3v) is 2.20. The Labute approximate surface area is 91.5 Å². The molecular formula is C10H6Cl2N2. The summed E-state index contributed by atoms with van der Waals surface area (Å²) >= 11 is 11.5. The van der Waals surface area contributed by atoms with Gasteiger partial charge in [-0.15, -0.1) is 0 Å². The molecule has 0 amide bonds. The lowest BCUT2D eigenvalue weighted by Gasteiger charge is -2.01. The second kappa shape index (κ2) is 3.95. The van der Waals surface area contributed by atoms with Gasteiger partial charge in [-0.05, 0) is 35.4 Å². The summed E-state index contributed by atoms with van der Waals surface area (Å²) in [5.74, 6) is 0. The molecule has 2 nitrogen and oxygen atoms in total. The van der Waals surface area contributed by atoms with Gasteiger partial charge in [-0.3, -0.25) is 0 Å². The lowest BCUT2D eigenvalue weighted by molar-refractivity contribution is 1.31. The van der Waals surface area contributed by atoms with Gasteiger partial charge in [-0.2, -0.15) is 0 Å². The van der Waals surface area contributed by atoms with Gasteiger partial charge in [0.05, 0.1) is 0 Å². The molecule has 2 rings (SSSR count). The fraction of sp³-hybridized carbons (Fsp3) is 0. The molecule has 0 saturated heterocycles. The van der Waals surface area contributed by atoms with Crippen LogP contribution >= 0.6 is 23.2 Å². The van der Waals surface area contributed by atoms with Crippen LogP contribution in [0.25, 0.3) is 11.1 Å². The van der Waals surface area contributed by atoms with E-state index in [0.29, 0.717) is 10.3 Å². The van der Waals surface area contributed by atoms with Crippen molar-refractivity contribution >= 4 is 23.2 Å². The van der Waals surface area contributed by atoms with Crippen LogP contribution in [-0.4, -0.2) is 9.97 Å². The fourth-order valence-corrected chi connectivity index (χ4v) is 1.51. The van der Waals surface area contributed by atoms with Crippen LogP contribution in [0.1, 0.15) is 0 Å². The second-order valence-electron chi connectivity index (χ2n) is 2.73. The van der Waals surface area contributed by atoms with E-state index in [-0.39, 0.29) is 0 Å². The molecule has 0 fully saturated rings. The van der Waals surface area contributed by atoms with Gasteiger partial charge in [-0.1, -0.05) is 23.2 Å². The predicted octanol–water partition coefficient (Wildman–Crippen LogP) is 3.45. The number of hydrogen-bond donors (Lipinski definition) is 0. The van der Waals surface area contributed by atoms with Gasteiger partial charge in [0.2, 0.25) is 0 Å². The Kier molecular flexibility index (Phi) is 2.66. The fourth-order valence-electron chi connectivity index (χ4n) is 1.16. The second-order valence-corrected chi connectivity index (χ2v) is 3.51. The summed E-state index contributed by atoms with van der Waals surface area (Å²) in [4.78, 5) is 7.81. The van der Waals surface area contributed by atoms with Crippen LogP contribution in [0, 0.1) is 0 Å². The molecule has 0 radical (unpaired) electrons. The molecule has 0 unspecified atom stereocenters. The van der Waals surface area contributed by atoms with Gasteiger partial charge in [0.1, 0.15) is 10.3 Å². The van der Waals surface area contributed by atoms with Crippen LogP contribution in [0.4, 0.5) is 0 Å². The molecule has 0 aliphatic rings. The molecule has 0 bridgehead atoms. The molecule has 2 aromatic heterocycles. The zero-order chi connectivity index (χ0) is 9.97. The summed E-state index contributed by atoms with van der Waals surface area (Å²) < 4.78 is 0. The number of aromatic nitrogens is 2. The Morgan fingerprint density at radius 1 is 0.786 bits per heavy atom. The Morgan fingerprint density at radius 2 is 1.21 bits per heavy atom. The monoisotopic (exact) mass is 224 g/mol. The van der Waals surface area contributed by atoms with Crippen molar-refractivity contribution in [2.24, 2.45) is 0 Å². The molecule has 4 heteroatoms. The maximum atomic E-state index is 5.77. The Balaban J connectivity index is 2.49. The average molecular weight is 225 g/mol. The molecule has 2 heterocycles. The van der Waals surface area contributed by atoms with E-state index in [1.807, 2.05) is 12.1 Å². The van der Waals surface area contributed by atoms with Gasteiger partial charge in [0, 0.05) is 12.4 Å². The Hall–Kier alpha value is -1.12. The van der Waals surface area contributed by atoms with Crippen molar-refractivity contribution in [2.45, 2.75) is 0 Å². The van der Waals surface area contributed by atoms with Crippen LogP contribution < -0.4 is 0 Å². The van der Waals surface area contributed by atoms with Gasteiger partial charge < -0.3 is 0 Å². The zero-order valence-corrected chi connectivity index (χ0v) is 8.63.